The number of thiazole rings is 1. The zero-order chi connectivity index (χ0) is 12.3. The van der Waals surface area contributed by atoms with E-state index in [4.69, 9.17) is 9.84 Å². The highest BCUT2D eigenvalue weighted by atomic mass is 32.1. The maximum atomic E-state index is 11.6. The lowest BCUT2D eigenvalue weighted by Gasteiger charge is -2.08. The van der Waals surface area contributed by atoms with Gasteiger partial charge in [-0.05, 0) is 12.8 Å². The Morgan fingerprint density at radius 2 is 2.47 bits per heavy atom. The molecule has 1 aliphatic rings. The molecule has 2 rings (SSSR count). The molecule has 2 heterocycles. The summed E-state index contributed by atoms with van der Waals surface area (Å²) >= 11 is 1.21. The van der Waals surface area contributed by atoms with Crippen molar-refractivity contribution in [3.63, 3.8) is 0 Å². The third-order valence-corrected chi connectivity index (χ3v) is 3.26. The van der Waals surface area contributed by atoms with Gasteiger partial charge in [0.25, 0.3) is 0 Å². The quantitative estimate of drug-likeness (QED) is 0.825. The molecule has 6 nitrogen and oxygen atoms in total. The van der Waals surface area contributed by atoms with E-state index in [0.29, 0.717) is 11.6 Å². The molecule has 1 fully saturated rings. The second-order valence-electron chi connectivity index (χ2n) is 3.65. The Bertz CT molecular complexity index is 426. The minimum absolute atomic E-state index is 0.0105. The molecule has 92 valence electrons. The average molecular weight is 256 g/mol. The van der Waals surface area contributed by atoms with E-state index in [-0.39, 0.29) is 24.2 Å². The summed E-state index contributed by atoms with van der Waals surface area (Å²) in [7, 11) is 0. The van der Waals surface area contributed by atoms with E-state index in [1.807, 2.05) is 0 Å². The fourth-order valence-corrected chi connectivity index (χ4v) is 2.26. The number of carbonyl (C=O) groups excluding carboxylic acids is 1. The van der Waals surface area contributed by atoms with Crippen molar-refractivity contribution >= 4 is 23.2 Å². The molecule has 1 saturated heterocycles. The summed E-state index contributed by atoms with van der Waals surface area (Å²) in [6.45, 7) is 0.870. The number of nitrogens with zero attached hydrogens (tertiary/aromatic N) is 1. The first-order valence-corrected chi connectivity index (χ1v) is 6.12. The number of carbonyl (C=O) groups is 2. The fourth-order valence-electron chi connectivity index (χ4n) is 1.55. The first-order chi connectivity index (χ1) is 8.16. The van der Waals surface area contributed by atoms with Crippen molar-refractivity contribution in [1.29, 1.82) is 0 Å². The lowest BCUT2D eigenvalue weighted by atomic mass is 10.2. The molecule has 2 N–H and O–H groups in total. The van der Waals surface area contributed by atoms with Crippen LogP contribution >= 0.6 is 11.3 Å². The van der Waals surface area contributed by atoms with E-state index in [2.05, 4.69) is 10.3 Å². The molecule has 1 aromatic heterocycles. The second-order valence-corrected chi connectivity index (χ2v) is 4.59. The van der Waals surface area contributed by atoms with Gasteiger partial charge in [-0.3, -0.25) is 4.79 Å². The van der Waals surface area contributed by atoms with E-state index in [9.17, 15) is 9.59 Å². The smallest absolute Gasteiger partial charge is 0.355 e. The zero-order valence-electron chi connectivity index (χ0n) is 9.01. The van der Waals surface area contributed by atoms with Crippen LogP contribution in [0.15, 0.2) is 5.38 Å². The second kappa shape index (κ2) is 5.24. The van der Waals surface area contributed by atoms with Gasteiger partial charge < -0.3 is 15.2 Å². The Hall–Kier alpha value is -1.47. The maximum Gasteiger partial charge on any atom is 0.355 e. The normalized spacial score (nSPS) is 19.2. The topological polar surface area (TPSA) is 88.5 Å². The maximum absolute atomic E-state index is 11.6. The first-order valence-electron chi connectivity index (χ1n) is 5.24. The summed E-state index contributed by atoms with van der Waals surface area (Å²) in [5.74, 6) is -1.22. The Balaban J connectivity index is 1.84. The van der Waals surface area contributed by atoms with Gasteiger partial charge in [0.2, 0.25) is 5.91 Å². The zero-order valence-corrected chi connectivity index (χ0v) is 9.83. The predicted molar refractivity (Wildman–Crippen MR) is 59.9 cm³/mol. The number of aromatic nitrogens is 1. The highest BCUT2D eigenvalue weighted by Crippen LogP contribution is 2.13. The summed E-state index contributed by atoms with van der Waals surface area (Å²) in [5, 5.41) is 13.4. The molecular weight excluding hydrogens is 244 g/mol. The van der Waals surface area contributed by atoms with Gasteiger partial charge in [-0.2, -0.15) is 0 Å². The first kappa shape index (κ1) is 12.0. The summed E-state index contributed by atoms with van der Waals surface area (Å²) in [4.78, 5) is 26.1. The number of rotatable bonds is 4. The van der Waals surface area contributed by atoms with Crippen LogP contribution in [0.5, 0.6) is 0 Å². The average Bonchev–Trinajstić information content (AvgIpc) is 2.97. The van der Waals surface area contributed by atoms with Crippen molar-refractivity contribution in [1.82, 2.24) is 10.3 Å². The van der Waals surface area contributed by atoms with Crippen molar-refractivity contribution < 1.29 is 19.4 Å². The van der Waals surface area contributed by atoms with Crippen LogP contribution in [0.25, 0.3) is 0 Å². The van der Waals surface area contributed by atoms with Crippen LogP contribution in [0, 0.1) is 0 Å². The molecule has 1 aromatic rings. The molecule has 0 aromatic carbocycles. The van der Waals surface area contributed by atoms with Crippen LogP contribution in [0.2, 0.25) is 0 Å². The van der Waals surface area contributed by atoms with Crippen molar-refractivity contribution in [2.75, 3.05) is 6.61 Å². The SMILES string of the molecule is O=C(O)c1csc(CNC(=O)[C@H]2CCCO2)n1. The number of carboxylic acid groups (broad SMARTS) is 1. The third-order valence-electron chi connectivity index (χ3n) is 2.41. The number of aromatic carboxylic acids is 1. The number of hydrogen-bond donors (Lipinski definition) is 2. The number of ether oxygens (including phenoxy) is 1. The van der Waals surface area contributed by atoms with Crippen LogP contribution in [0.4, 0.5) is 0 Å². The van der Waals surface area contributed by atoms with E-state index in [1.54, 1.807) is 0 Å². The van der Waals surface area contributed by atoms with Crippen molar-refractivity contribution in [2.45, 2.75) is 25.5 Å². The van der Waals surface area contributed by atoms with Gasteiger partial charge in [-0.1, -0.05) is 0 Å². The van der Waals surface area contributed by atoms with Gasteiger partial charge >= 0.3 is 5.97 Å². The summed E-state index contributed by atoms with van der Waals surface area (Å²) in [6, 6.07) is 0. The molecular formula is C10H12N2O4S. The molecule has 0 spiro atoms. The Labute approximate surface area is 102 Å². The molecule has 0 bridgehead atoms. The molecule has 0 aliphatic carbocycles. The van der Waals surface area contributed by atoms with E-state index in [0.717, 1.165) is 12.8 Å². The van der Waals surface area contributed by atoms with Crippen LogP contribution in [0.3, 0.4) is 0 Å². The van der Waals surface area contributed by atoms with E-state index < -0.39 is 5.97 Å². The monoisotopic (exact) mass is 256 g/mol. The molecule has 1 amide bonds. The van der Waals surface area contributed by atoms with Gasteiger partial charge in [-0.15, -0.1) is 11.3 Å². The number of nitrogens with one attached hydrogen (secondary N) is 1. The standard InChI is InChI=1S/C10H12N2O4S/c13-9(7-2-1-3-16-7)11-4-8-12-6(5-17-8)10(14)15/h5,7H,1-4H2,(H,11,13)(H,14,15)/t7-/m1/s1. The van der Waals surface area contributed by atoms with Gasteiger partial charge in [-0.25, -0.2) is 9.78 Å². The molecule has 1 aliphatic heterocycles. The predicted octanol–water partition coefficient (Wildman–Crippen LogP) is 0.636. The van der Waals surface area contributed by atoms with Gasteiger partial charge in [0.1, 0.15) is 11.1 Å². The molecule has 7 heteroatoms. The molecule has 0 saturated carbocycles. The van der Waals surface area contributed by atoms with Crippen LogP contribution < -0.4 is 5.32 Å². The van der Waals surface area contributed by atoms with Gasteiger partial charge in [0.15, 0.2) is 5.69 Å². The van der Waals surface area contributed by atoms with Crippen molar-refractivity contribution in [3.05, 3.63) is 16.1 Å². The summed E-state index contributed by atoms with van der Waals surface area (Å²) < 4.78 is 5.22. The van der Waals surface area contributed by atoms with Crippen LogP contribution in [-0.2, 0) is 16.1 Å². The van der Waals surface area contributed by atoms with Crippen molar-refractivity contribution in [2.24, 2.45) is 0 Å². The summed E-state index contributed by atoms with van der Waals surface area (Å²) in [5.41, 5.74) is 0.0105. The van der Waals surface area contributed by atoms with Crippen molar-refractivity contribution in [3.8, 4) is 0 Å². The fraction of sp³-hybridized carbons (Fsp3) is 0.500. The Morgan fingerprint density at radius 3 is 3.06 bits per heavy atom. The van der Waals surface area contributed by atoms with E-state index in [1.165, 1.54) is 16.7 Å². The molecule has 1 atom stereocenters. The highest BCUT2D eigenvalue weighted by molar-refractivity contribution is 7.09. The minimum Gasteiger partial charge on any atom is -0.476 e. The largest absolute Gasteiger partial charge is 0.476 e. The van der Waals surface area contributed by atoms with E-state index >= 15 is 0 Å². The molecule has 0 unspecified atom stereocenters. The lowest BCUT2D eigenvalue weighted by Crippen LogP contribution is -2.33. The van der Waals surface area contributed by atoms with Gasteiger partial charge in [0, 0.05) is 12.0 Å². The third kappa shape index (κ3) is 3.01. The Kier molecular flexibility index (Phi) is 3.70. The number of hydrogen-bond acceptors (Lipinski definition) is 5. The van der Waals surface area contributed by atoms with Gasteiger partial charge in [0.05, 0.1) is 6.54 Å². The lowest BCUT2D eigenvalue weighted by molar-refractivity contribution is -0.130. The number of amides is 1. The Morgan fingerprint density at radius 1 is 1.65 bits per heavy atom. The van der Waals surface area contributed by atoms with Crippen LogP contribution in [0.1, 0.15) is 28.3 Å². The molecule has 0 radical (unpaired) electrons. The summed E-state index contributed by atoms with van der Waals surface area (Å²) in [6.07, 6.45) is 1.27. The number of carboxylic acids is 1. The van der Waals surface area contributed by atoms with Crippen LogP contribution in [-0.4, -0.2) is 34.7 Å². The minimum atomic E-state index is -1.06. The molecule has 17 heavy (non-hydrogen) atoms. The highest BCUT2D eigenvalue weighted by Gasteiger charge is 2.23.